The quantitative estimate of drug-likeness (QED) is 0.567. The molecule has 0 N–H and O–H groups in total. The van der Waals surface area contributed by atoms with Crippen LogP contribution in [-0.4, -0.2) is 24.1 Å². The van der Waals surface area contributed by atoms with Crippen molar-refractivity contribution in [1.29, 1.82) is 0 Å². The van der Waals surface area contributed by atoms with E-state index in [1.807, 2.05) is 29.3 Å². The van der Waals surface area contributed by atoms with Crippen molar-refractivity contribution in [2.45, 2.75) is 23.6 Å². The van der Waals surface area contributed by atoms with Crippen molar-refractivity contribution >= 4 is 17.5 Å². The van der Waals surface area contributed by atoms with Gasteiger partial charge in [0.25, 0.3) is 0 Å². The van der Waals surface area contributed by atoms with Crippen molar-refractivity contribution in [1.82, 2.24) is 5.01 Å². The number of para-hydroxylation sites is 1. The molecule has 6 heteroatoms. The number of hydrogen-bond donors (Lipinski definition) is 0. The maximum atomic E-state index is 6.45. The number of fused-ring (bicyclic) bond motifs is 3. The van der Waals surface area contributed by atoms with Crippen molar-refractivity contribution in [3.8, 4) is 11.5 Å². The molecule has 0 bridgehead atoms. The lowest BCUT2D eigenvalue weighted by molar-refractivity contribution is -0.0209. The van der Waals surface area contributed by atoms with Crippen LogP contribution in [0.2, 0.25) is 0 Å². The Morgan fingerprint density at radius 2 is 1.96 bits per heavy atom. The topological polar surface area (TPSA) is 47.2 Å². The number of hydrazone groups is 1. The molecule has 0 spiro atoms. The smallest absolute Gasteiger partial charge is 0.214 e. The Kier molecular flexibility index (Phi) is 4.28. The monoisotopic (exact) mass is 392 g/mol. The summed E-state index contributed by atoms with van der Waals surface area (Å²) in [7, 11) is 1.67. The number of ether oxygens (including phenoxy) is 2. The fourth-order valence-corrected chi connectivity index (χ4v) is 4.23. The lowest BCUT2D eigenvalue weighted by atomic mass is 9.97. The summed E-state index contributed by atoms with van der Waals surface area (Å²) in [5.74, 6) is 2.34. The van der Waals surface area contributed by atoms with Gasteiger partial charge in [0.15, 0.2) is 11.5 Å². The van der Waals surface area contributed by atoms with Crippen LogP contribution in [0.3, 0.4) is 0 Å². The van der Waals surface area contributed by atoms with E-state index in [-0.39, 0.29) is 12.3 Å². The number of furan rings is 1. The number of benzene rings is 2. The lowest BCUT2D eigenvalue weighted by Crippen LogP contribution is -2.33. The molecule has 0 aliphatic carbocycles. The van der Waals surface area contributed by atoms with Gasteiger partial charge in [0, 0.05) is 22.4 Å². The summed E-state index contributed by atoms with van der Waals surface area (Å²) < 4.78 is 17.6. The number of hydrogen-bond acceptors (Lipinski definition) is 6. The molecule has 3 heterocycles. The Hall–Kier alpha value is -2.86. The maximum Gasteiger partial charge on any atom is 0.214 e. The van der Waals surface area contributed by atoms with Crippen molar-refractivity contribution < 1.29 is 13.9 Å². The molecular formula is C22H20N2O3S. The summed E-state index contributed by atoms with van der Waals surface area (Å²) in [6, 6.07) is 18.4. The molecule has 0 saturated heterocycles. The zero-order valence-corrected chi connectivity index (χ0v) is 16.5. The molecule has 3 aromatic rings. The van der Waals surface area contributed by atoms with E-state index in [4.69, 9.17) is 19.0 Å². The number of thioether (sulfide) groups is 1. The van der Waals surface area contributed by atoms with Gasteiger partial charge in [-0.3, -0.25) is 0 Å². The van der Waals surface area contributed by atoms with Gasteiger partial charge in [-0.1, -0.05) is 24.3 Å². The largest absolute Gasteiger partial charge is 0.493 e. The predicted octanol–water partition coefficient (Wildman–Crippen LogP) is 5.25. The second-order valence-electron chi connectivity index (χ2n) is 6.75. The zero-order chi connectivity index (χ0) is 19.1. The highest BCUT2D eigenvalue weighted by atomic mass is 32.2. The second-order valence-corrected chi connectivity index (χ2v) is 7.63. The lowest BCUT2D eigenvalue weighted by Gasteiger charge is -2.38. The van der Waals surface area contributed by atoms with E-state index in [0.29, 0.717) is 0 Å². The third-order valence-corrected chi connectivity index (χ3v) is 5.95. The molecule has 0 unspecified atom stereocenters. The van der Waals surface area contributed by atoms with Gasteiger partial charge in [-0.05, 0) is 36.6 Å². The van der Waals surface area contributed by atoms with E-state index < -0.39 is 0 Å². The van der Waals surface area contributed by atoms with E-state index in [1.54, 1.807) is 25.1 Å². The van der Waals surface area contributed by atoms with E-state index in [1.165, 1.54) is 4.90 Å². The van der Waals surface area contributed by atoms with Crippen molar-refractivity contribution in [2.75, 3.05) is 13.4 Å². The summed E-state index contributed by atoms with van der Waals surface area (Å²) in [6.45, 7) is 0. The Balaban J connectivity index is 1.61. The Morgan fingerprint density at radius 1 is 1.11 bits per heavy atom. The average molecular weight is 392 g/mol. The van der Waals surface area contributed by atoms with E-state index in [9.17, 15) is 0 Å². The van der Waals surface area contributed by atoms with Gasteiger partial charge in [-0.25, -0.2) is 5.01 Å². The second kappa shape index (κ2) is 6.95. The molecule has 28 heavy (non-hydrogen) atoms. The standard InChI is InChI=1S/C22H20N2O3S/c1-25-20-6-3-5-16-18-13-17(19-7-4-12-26-19)23-24(18)22(27-21(16)20)14-8-10-15(28-2)11-9-14/h3-12,18,22H,13H2,1-2H3/t18-,22-/m0/s1. The first kappa shape index (κ1) is 17.3. The normalized spacial score (nSPS) is 20.2. The molecule has 0 fully saturated rings. The van der Waals surface area contributed by atoms with Crippen LogP contribution in [0.1, 0.15) is 35.6 Å². The molecule has 2 atom stereocenters. The molecule has 5 rings (SSSR count). The van der Waals surface area contributed by atoms with Gasteiger partial charge in [0.2, 0.25) is 6.23 Å². The fourth-order valence-electron chi connectivity index (χ4n) is 3.82. The molecule has 1 aromatic heterocycles. The first-order valence-electron chi connectivity index (χ1n) is 9.15. The summed E-state index contributed by atoms with van der Waals surface area (Å²) in [5.41, 5.74) is 3.07. The average Bonchev–Trinajstić information content (AvgIpc) is 3.42. The van der Waals surface area contributed by atoms with E-state index in [0.717, 1.165) is 40.5 Å². The third-order valence-electron chi connectivity index (χ3n) is 5.21. The molecule has 2 aliphatic heterocycles. The molecule has 0 radical (unpaired) electrons. The number of rotatable bonds is 4. The Bertz CT molecular complexity index is 1010. The number of nitrogens with zero attached hydrogens (tertiary/aromatic N) is 2. The van der Waals surface area contributed by atoms with Crippen LogP contribution in [0.5, 0.6) is 11.5 Å². The van der Waals surface area contributed by atoms with Gasteiger partial charge in [0.05, 0.1) is 19.4 Å². The molecule has 2 aliphatic rings. The summed E-state index contributed by atoms with van der Waals surface area (Å²) in [6.07, 6.45) is 4.19. The van der Waals surface area contributed by atoms with Gasteiger partial charge in [-0.15, -0.1) is 11.8 Å². The van der Waals surface area contributed by atoms with Gasteiger partial charge in [0.1, 0.15) is 11.5 Å². The highest BCUT2D eigenvalue weighted by Crippen LogP contribution is 2.50. The summed E-state index contributed by atoms with van der Waals surface area (Å²) in [5, 5.41) is 6.94. The first-order valence-corrected chi connectivity index (χ1v) is 10.4. The van der Waals surface area contributed by atoms with Gasteiger partial charge >= 0.3 is 0 Å². The predicted molar refractivity (Wildman–Crippen MR) is 109 cm³/mol. The van der Waals surface area contributed by atoms with Crippen molar-refractivity contribution in [3.05, 3.63) is 77.7 Å². The van der Waals surface area contributed by atoms with Crippen LogP contribution < -0.4 is 9.47 Å². The van der Waals surface area contributed by atoms with Crippen molar-refractivity contribution in [2.24, 2.45) is 5.10 Å². The highest BCUT2D eigenvalue weighted by molar-refractivity contribution is 7.98. The van der Waals surface area contributed by atoms with Gasteiger partial charge in [-0.2, -0.15) is 5.10 Å². The van der Waals surface area contributed by atoms with Gasteiger partial charge < -0.3 is 13.9 Å². The minimum Gasteiger partial charge on any atom is -0.493 e. The Labute approximate surface area is 167 Å². The SMILES string of the molecule is COc1cccc2c1O[C@@H](c1ccc(SC)cc1)N1N=C(c3ccco3)C[C@@H]21. The molecule has 0 saturated carbocycles. The van der Waals surface area contributed by atoms with E-state index >= 15 is 0 Å². The zero-order valence-electron chi connectivity index (χ0n) is 15.7. The fraction of sp³-hybridized carbons (Fsp3) is 0.227. The molecular weight excluding hydrogens is 372 g/mol. The maximum absolute atomic E-state index is 6.45. The first-order chi connectivity index (χ1) is 13.8. The van der Waals surface area contributed by atoms with Crippen LogP contribution in [-0.2, 0) is 0 Å². The molecule has 0 amide bonds. The summed E-state index contributed by atoms with van der Waals surface area (Å²) in [4.78, 5) is 1.22. The highest BCUT2D eigenvalue weighted by Gasteiger charge is 2.42. The minimum atomic E-state index is -0.322. The Morgan fingerprint density at radius 3 is 2.68 bits per heavy atom. The molecule has 5 nitrogen and oxygen atoms in total. The molecule has 2 aromatic carbocycles. The summed E-state index contributed by atoms with van der Waals surface area (Å²) >= 11 is 1.72. The van der Waals surface area contributed by atoms with Crippen LogP contribution >= 0.6 is 11.8 Å². The van der Waals surface area contributed by atoms with Crippen molar-refractivity contribution in [3.63, 3.8) is 0 Å². The van der Waals surface area contributed by atoms with E-state index in [2.05, 4.69) is 36.6 Å². The van der Waals surface area contributed by atoms with Crippen LogP contribution in [0.4, 0.5) is 0 Å². The van der Waals surface area contributed by atoms with Crippen LogP contribution in [0, 0.1) is 0 Å². The number of methoxy groups -OCH3 is 1. The van der Waals surface area contributed by atoms with Crippen LogP contribution in [0.15, 0.2) is 75.3 Å². The minimum absolute atomic E-state index is 0.0733. The third kappa shape index (κ3) is 2.76. The van der Waals surface area contributed by atoms with Crippen LogP contribution in [0.25, 0.3) is 0 Å². The molecule has 142 valence electrons.